The molecule has 0 heterocycles. The molecule has 25 heavy (non-hydrogen) atoms. The van der Waals surface area contributed by atoms with Crippen molar-refractivity contribution in [2.75, 3.05) is 13.7 Å². The van der Waals surface area contributed by atoms with E-state index in [1.54, 1.807) is 30.3 Å². The number of thiocarbonyl (C=S) groups is 1. The summed E-state index contributed by atoms with van der Waals surface area (Å²) >= 11 is 5.29. The van der Waals surface area contributed by atoms with Crippen molar-refractivity contribution in [3.63, 3.8) is 0 Å². The van der Waals surface area contributed by atoms with Gasteiger partial charge in [0.1, 0.15) is 0 Å². The lowest BCUT2D eigenvalue weighted by Gasteiger charge is -2.16. The summed E-state index contributed by atoms with van der Waals surface area (Å²) < 4.78 is 31.9. The van der Waals surface area contributed by atoms with Gasteiger partial charge in [0.25, 0.3) is 0 Å². The number of methoxy groups -OCH3 is 1. The van der Waals surface area contributed by atoms with E-state index in [0.717, 1.165) is 11.1 Å². The molecule has 4 nitrogen and oxygen atoms in total. The molecular formula is C19H21NO3S2. The molecule has 0 saturated heterocycles. The number of nitrogens with two attached hydrogens (primary N) is 1. The standard InChI is InChI=1S/C19H21NO3S2/c1-13-8-10-14(11-9-13)16-17(19(16,12-23-2)18(20)24)25(21,22)15-6-4-3-5-7-15/h3-11,16-17H,12H2,1-2H3,(H2,20,24)/t16-,17+,19-/m1/s1. The molecule has 1 aliphatic rings. The van der Waals surface area contributed by atoms with Gasteiger partial charge >= 0.3 is 0 Å². The molecule has 0 aromatic heterocycles. The fourth-order valence-corrected chi connectivity index (χ4v) is 6.43. The van der Waals surface area contributed by atoms with Crippen LogP contribution in [0.4, 0.5) is 0 Å². The Balaban J connectivity index is 2.12. The number of benzene rings is 2. The molecule has 0 aliphatic heterocycles. The molecular weight excluding hydrogens is 354 g/mol. The Morgan fingerprint density at radius 3 is 2.28 bits per heavy atom. The van der Waals surface area contributed by atoms with Crippen LogP contribution in [0.3, 0.4) is 0 Å². The fraction of sp³-hybridized carbons (Fsp3) is 0.316. The summed E-state index contributed by atoms with van der Waals surface area (Å²) in [6.45, 7) is 2.17. The van der Waals surface area contributed by atoms with Crippen LogP contribution in [0, 0.1) is 12.3 Å². The SMILES string of the molecule is COC[C@@]1(C(N)=S)[C@H](c2ccc(C)cc2)[C@@H]1S(=O)(=O)c1ccccc1. The number of aryl methyl sites for hydroxylation is 1. The predicted molar refractivity (Wildman–Crippen MR) is 102 cm³/mol. The van der Waals surface area contributed by atoms with Gasteiger partial charge in [-0.2, -0.15) is 0 Å². The lowest BCUT2D eigenvalue weighted by atomic mass is 9.99. The van der Waals surface area contributed by atoms with Gasteiger partial charge in [0.05, 0.1) is 27.2 Å². The van der Waals surface area contributed by atoms with E-state index in [1.807, 2.05) is 31.2 Å². The van der Waals surface area contributed by atoms with E-state index in [1.165, 1.54) is 7.11 Å². The van der Waals surface area contributed by atoms with Crippen molar-refractivity contribution in [3.05, 3.63) is 65.7 Å². The fourth-order valence-electron chi connectivity index (χ4n) is 3.64. The van der Waals surface area contributed by atoms with Crippen LogP contribution in [0.25, 0.3) is 0 Å². The van der Waals surface area contributed by atoms with Crippen LogP contribution in [0.5, 0.6) is 0 Å². The van der Waals surface area contributed by atoms with Gasteiger partial charge in [-0.3, -0.25) is 0 Å². The third-order valence-electron chi connectivity index (χ3n) is 4.94. The average molecular weight is 376 g/mol. The van der Waals surface area contributed by atoms with Gasteiger partial charge in [-0.05, 0) is 24.6 Å². The van der Waals surface area contributed by atoms with E-state index >= 15 is 0 Å². The van der Waals surface area contributed by atoms with Gasteiger partial charge in [0.15, 0.2) is 9.84 Å². The van der Waals surface area contributed by atoms with E-state index in [9.17, 15) is 8.42 Å². The van der Waals surface area contributed by atoms with Gasteiger partial charge in [0.2, 0.25) is 0 Å². The molecule has 6 heteroatoms. The second kappa shape index (κ2) is 6.52. The van der Waals surface area contributed by atoms with Gasteiger partial charge in [-0.15, -0.1) is 0 Å². The zero-order valence-electron chi connectivity index (χ0n) is 14.2. The van der Waals surface area contributed by atoms with Crippen molar-refractivity contribution in [2.45, 2.75) is 23.0 Å². The molecule has 3 atom stereocenters. The number of ether oxygens (including phenoxy) is 1. The van der Waals surface area contributed by atoms with E-state index in [0.29, 0.717) is 0 Å². The van der Waals surface area contributed by atoms with Crippen LogP contribution in [0.1, 0.15) is 17.0 Å². The summed E-state index contributed by atoms with van der Waals surface area (Å²) in [5, 5.41) is -0.720. The van der Waals surface area contributed by atoms with Gasteiger partial charge in [-0.1, -0.05) is 60.2 Å². The maximum Gasteiger partial charge on any atom is 0.182 e. The van der Waals surface area contributed by atoms with E-state index in [-0.39, 0.29) is 22.4 Å². The molecule has 0 unspecified atom stereocenters. The Morgan fingerprint density at radius 2 is 1.76 bits per heavy atom. The first kappa shape index (κ1) is 18.0. The Labute approximate surface area is 153 Å². The van der Waals surface area contributed by atoms with Crippen molar-refractivity contribution in [1.82, 2.24) is 0 Å². The highest BCUT2D eigenvalue weighted by Gasteiger charge is 2.73. The number of rotatable bonds is 6. The highest BCUT2D eigenvalue weighted by atomic mass is 32.2. The minimum absolute atomic E-state index is 0.178. The smallest absolute Gasteiger partial charge is 0.182 e. The third-order valence-corrected chi connectivity index (χ3v) is 7.61. The van der Waals surface area contributed by atoms with Crippen LogP contribution in [-0.2, 0) is 14.6 Å². The quantitative estimate of drug-likeness (QED) is 0.786. The van der Waals surface area contributed by atoms with E-state index in [2.05, 4.69) is 0 Å². The van der Waals surface area contributed by atoms with Crippen molar-refractivity contribution in [2.24, 2.45) is 11.1 Å². The topological polar surface area (TPSA) is 69.4 Å². The van der Waals surface area contributed by atoms with Gasteiger partial charge < -0.3 is 10.5 Å². The molecule has 1 fully saturated rings. The normalized spacial score (nSPS) is 25.5. The summed E-state index contributed by atoms with van der Waals surface area (Å²) in [5.74, 6) is -0.309. The second-order valence-electron chi connectivity index (χ2n) is 6.50. The van der Waals surface area contributed by atoms with Crippen molar-refractivity contribution < 1.29 is 13.2 Å². The van der Waals surface area contributed by atoms with Crippen LogP contribution in [0.2, 0.25) is 0 Å². The lowest BCUT2D eigenvalue weighted by Crippen LogP contribution is -2.33. The molecule has 3 rings (SSSR count). The molecule has 2 N–H and O–H groups in total. The minimum Gasteiger partial charge on any atom is -0.393 e. The Morgan fingerprint density at radius 1 is 1.16 bits per heavy atom. The summed E-state index contributed by atoms with van der Waals surface area (Å²) in [7, 11) is -2.06. The molecule has 0 amide bonds. The number of hydrogen-bond donors (Lipinski definition) is 1. The minimum atomic E-state index is -3.60. The lowest BCUT2D eigenvalue weighted by molar-refractivity contribution is 0.166. The molecule has 2 aromatic carbocycles. The van der Waals surface area contributed by atoms with Crippen molar-refractivity contribution >= 4 is 27.0 Å². The molecule has 0 spiro atoms. The van der Waals surface area contributed by atoms with Gasteiger partial charge in [-0.25, -0.2) is 8.42 Å². The van der Waals surface area contributed by atoms with Crippen molar-refractivity contribution in [3.8, 4) is 0 Å². The van der Waals surface area contributed by atoms with Crippen LogP contribution < -0.4 is 5.73 Å². The van der Waals surface area contributed by atoms with E-state index in [4.69, 9.17) is 22.7 Å². The monoisotopic (exact) mass is 375 g/mol. The molecule has 2 aromatic rings. The van der Waals surface area contributed by atoms with Crippen LogP contribution in [-0.4, -0.2) is 32.4 Å². The summed E-state index contributed by atoms with van der Waals surface area (Å²) in [6, 6.07) is 16.3. The number of sulfone groups is 1. The summed E-state index contributed by atoms with van der Waals surface area (Å²) in [6.07, 6.45) is 0. The zero-order valence-corrected chi connectivity index (χ0v) is 15.8. The molecule has 0 radical (unpaired) electrons. The third kappa shape index (κ3) is 2.88. The maximum atomic E-state index is 13.3. The molecule has 1 aliphatic carbocycles. The van der Waals surface area contributed by atoms with E-state index < -0.39 is 20.5 Å². The first-order chi connectivity index (χ1) is 11.9. The Bertz CT molecular complexity index is 879. The van der Waals surface area contributed by atoms with Crippen molar-refractivity contribution in [1.29, 1.82) is 0 Å². The Kier molecular flexibility index (Phi) is 4.70. The molecule has 1 saturated carbocycles. The highest BCUT2D eigenvalue weighted by molar-refractivity contribution is 7.92. The summed E-state index contributed by atoms with van der Waals surface area (Å²) in [5.41, 5.74) is 7.17. The van der Waals surface area contributed by atoms with Crippen LogP contribution in [0.15, 0.2) is 59.5 Å². The van der Waals surface area contributed by atoms with Gasteiger partial charge in [0, 0.05) is 13.0 Å². The first-order valence-electron chi connectivity index (χ1n) is 8.00. The van der Waals surface area contributed by atoms with Crippen LogP contribution >= 0.6 is 12.2 Å². The molecule has 132 valence electrons. The zero-order chi connectivity index (χ0) is 18.2. The predicted octanol–water partition coefficient (Wildman–Crippen LogP) is 2.85. The highest BCUT2D eigenvalue weighted by Crippen LogP contribution is 2.64. The Hall–Kier alpha value is -1.76. The second-order valence-corrected chi connectivity index (χ2v) is 9.01. The first-order valence-corrected chi connectivity index (χ1v) is 9.95. The largest absolute Gasteiger partial charge is 0.393 e. The summed E-state index contributed by atoms with van der Waals surface area (Å²) in [4.78, 5) is 0.468. The number of hydrogen-bond acceptors (Lipinski definition) is 4. The molecule has 0 bridgehead atoms. The average Bonchev–Trinajstić information content (AvgIpc) is 3.28. The maximum absolute atomic E-state index is 13.3.